The van der Waals surface area contributed by atoms with Crippen LogP contribution < -0.4 is 5.32 Å². The summed E-state index contributed by atoms with van der Waals surface area (Å²) < 4.78 is 27.5. The number of carbonyl (C=O) groups excluding carboxylic acids is 4. The second-order valence-corrected chi connectivity index (χ2v) is 8.11. The molecular formula is C21H25Cl2NO9. The van der Waals surface area contributed by atoms with Gasteiger partial charge in [0.05, 0.1) is 6.61 Å². The Kier molecular flexibility index (Phi) is 9.90. The molecule has 1 aliphatic heterocycles. The Morgan fingerprint density at radius 2 is 1.61 bits per heavy atom. The molecule has 0 unspecified atom stereocenters. The first-order valence-corrected chi connectivity index (χ1v) is 10.7. The van der Waals surface area contributed by atoms with Crippen molar-refractivity contribution in [2.24, 2.45) is 0 Å². The first-order valence-electron chi connectivity index (χ1n) is 9.93. The predicted molar refractivity (Wildman–Crippen MR) is 115 cm³/mol. The van der Waals surface area contributed by atoms with Crippen LogP contribution in [0.2, 0.25) is 10.0 Å². The van der Waals surface area contributed by atoms with Gasteiger partial charge in [-0.2, -0.15) is 0 Å². The zero-order valence-corrected chi connectivity index (χ0v) is 20.0. The number of rotatable bonds is 8. The van der Waals surface area contributed by atoms with Crippen LogP contribution in [0.1, 0.15) is 33.3 Å². The molecule has 0 radical (unpaired) electrons. The Bertz CT molecular complexity index is 894. The first-order chi connectivity index (χ1) is 15.5. The van der Waals surface area contributed by atoms with Gasteiger partial charge in [-0.05, 0) is 17.7 Å². The summed E-state index contributed by atoms with van der Waals surface area (Å²) in [6.45, 7) is 4.40. The fourth-order valence-corrected chi connectivity index (χ4v) is 3.71. The Morgan fingerprint density at radius 1 is 0.970 bits per heavy atom. The number of amides is 1. The molecule has 0 aromatic heterocycles. The quantitative estimate of drug-likeness (QED) is 0.417. The van der Waals surface area contributed by atoms with Gasteiger partial charge in [0.25, 0.3) is 0 Å². The average molecular weight is 506 g/mol. The summed E-state index contributed by atoms with van der Waals surface area (Å²) in [5, 5.41) is 3.40. The van der Waals surface area contributed by atoms with Gasteiger partial charge in [-0.25, -0.2) is 0 Å². The van der Waals surface area contributed by atoms with Crippen molar-refractivity contribution in [1.29, 1.82) is 0 Å². The van der Waals surface area contributed by atoms with Gasteiger partial charge in [0.1, 0.15) is 18.8 Å². The molecule has 12 heteroatoms. The molecule has 1 N–H and O–H groups in total. The van der Waals surface area contributed by atoms with Gasteiger partial charge in [-0.1, -0.05) is 29.3 Å². The molecule has 1 aromatic carbocycles. The molecule has 1 amide bonds. The number of esters is 3. The Morgan fingerprint density at radius 3 is 2.15 bits per heavy atom. The molecule has 1 fully saturated rings. The fraction of sp³-hybridized carbons (Fsp3) is 0.524. The SMILES string of the molecule is CC(=O)N[C@@H]1[C@@H](OCc2ccc(Cl)cc2Cl)O[C@@H](COC(C)=O)[C@@H](OC(C)=O)[C@@H]1OC(C)=O. The highest BCUT2D eigenvalue weighted by molar-refractivity contribution is 6.35. The fourth-order valence-electron chi connectivity index (χ4n) is 3.24. The van der Waals surface area contributed by atoms with Crippen LogP contribution >= 0.6 is 23.2 Å². The number of halogens is 2. The monoisotopic (exact) mass is 505 g/mol. The summed E-state index contributed by atoms with van der Waals surface area (Å²) in [6, 6.07) is 3.76. The number of hydrogen-bond donors (Lipinski definition) is 1. The van der Waals surface area contributed by atoms with Gasteiger partial charge in [0.15, 0.2) is 18.5 Å². The normalized spacial score (nSPS) is 24.5. The highest BCUT2D eigenvalue weighted by Gasteiger charge is 2.51. The highest BCUT2D eigenvalue weighted by Crippen LogP contribution is 2.29. The van der Waals surface area contributed by atoms with Crippen molar-refractivity contribution in [1.82, 2.24) is 5.32 Å². The molecule has 0 aliphatic carbocycles. The van der Waals surface area contributed by atoms with Gasteiger partial charge in [-0.3, -0.25) is 19.2 Å². The summed E-state index contributed by atoms with van der Waals surface area (Å²) in [6.07, 6.45) is -4.63. The minimum absolute atomic E-state index is 0.0535. The van der Waals surface area contributed by atoms with Gasteiger partial charge >= 0.3 is 17.9 Å². The molecule has 0 saturated carbocycles. The van der Waals surface area contributed by atoms with Crippen molar-refractivity contribution in [2.45, 2.75) is 64.9 Å². The molecule has 1 aliphatic rings. The molecule has 2 rings (SSSR count). The molecular weight excluding hydrogens is 481 g/mol. The van der Waals surface area contributed by atoms with Crippen molar-refractivity contribution >= 4 is 47.0 Å². The summed E-state index contributed by atoms with van der Waals surface area (Å²) in [5.74, 6) is -2.46. The van der Waals surface area contributed by atoms with Gasteiger partial charge in [-0.15, -0.1) is 0 Å². The van der Waals surface area contributed by atoms with E-state index in [2.05, 4.69) is 5.32 Å². The maximum absolute atomic E-state index is 11.9. The van der Waals surface area contributed by atoms with Gasteiger partial charge in [0, 0.05) is 37.7 Å². The molecule has 1 aromatic rings. The average Bonchev–Trinajstić information content (AvgIpc) is 2.68. The Hall–Kier alpha value is -2.40. The van der Waals surface area contributed by atoms with Crippen LogP contribution in [0, 0.1) is 0 Å². The second kappa shape index (κ2) is 12.2. The lowest BCUT2D eigenvalue weighted by Crippen LogP contribution is -2.66. The van der Waals surface area contributed by atoms with E-state index in [1.54, 1.807) is 12.1 Å². The summed E-state index contributed by atoms with van der Waals surface area (Å²) in [7, 11) is 0. The van der Waals surface area contributed by atoms with Crippen LogP contribution in [-0.2, 0) is 49.5 Å². The molecule has 1 heterocycles. The van der Waals surface area contributed by atoms with E-state index in [4.69, 9.17) is 46.9 Å². The van der Waals surface area contributed by atoms with Crippen molar-refractivity contribution < 1.29 is 42.9 Å². The number of nitrogens with one attached hydrogen (secondary N) is 1. The van der Waals surface area contributed by atoms with E-state index in [0.29, 0.717) is 15.6 Å². The van der Waals surface area contributed by atoms with E-state index in [1.165, 1.54) is 19.9 Å². The Balaban J connectivity index is 2.38. The third-order valence-corrected chi connectivity index (χ3v) is 5.08. The molecule has 0 bridgehead atoms. The van der Waals surface area contributed by atoms with Crippen molar-refractivity contribution in [3.8, 4) is 0 Å². The van der Waals surface area contributed by atoms with Gasteiger partial charge in [0.2, 0.25) is 5.91 Å². The van der Waals surface area contributed by atoms with Crippen molar-refractivity contribution in [3.63, 3.8) is 0 Å². The second-order valence-electron chi connectivity index (χ2n) is 7.27. The zero-order valence-electron chi connectivity index (χ0n) is 18.5. The van der Waals surface area contributed by atoms with Crippen molar-refractivity contribution in [3.05, 3.63) is 33.8 Å². The van der Waals surface area contributed by atoms with Crippen molar-refractivity contribution in [2.75, 3.05) is 6.61 Å². The number of carbonyl (C=O) groups is 4. The maximum Gasteiger partial charge on any atom is 0.303 e. The van der Waals surface area contributed by atoms with E-state index in [9.17, 15) is 19.2 Å². The molecule has 0 spiro atoms. The van der Waals surface area contributed by atoms with Crippen LogP contribution in [0.15, 0.2) is 18.2 Å². The lowest BCUT2D eigenvalue weighted by atomic mass is 9.96. The Labute approximate surface area is 200 Å². The summed E-state index contributed by atoms with van der Waals surface area (Å²) in [5.41, 5.74) is 0.578. The van der Waals surface area contributed by atoms with E-state index >= 15 is 0 Å². The third kappa shape index (κ3) is 8.15. The summed E-state index contributed by atoms with van der Waals surface area (Å²) >= 11 is 12.1. The lowest BCUT2D eigenvalue weighted by molar-refractivity contribution is -0.280. The zero-order chi connectivity index (χ0) is 24.7. The standard InChI is InChI=1S/C21H25Cl2NO9/c1-10(25)24-18-20(32-13(4)28)19(31-12(3)27)17(9-29-11(2)26)33-21(18)30-8-14-5-6-15(22)7-16(14)23/h5-7,17-21H,8-9H2,1-4H3,(H,24,25)/t17-,18-,19+,20+,21-/m0/s1. The molecule has 1 saturated heterocycles. The number of hydrogen-bond acceptors (Lipinski definition) is 9. The number of ether oxygens (including phenoxy) is 5. The van der Waals surface area contributed by atoms with E-state index in [1.807, 2.05) is 0 Å². The largest absolute Gasteiger partial charge is 0.463 e. The van der Waals surface area contributed by atoms with Crippen LogP contribution in [0.4, 0.5) is 0 Å². The number of benzene rings is 1. The minimum Gasteiger partial charge on any atom is -0.463 e. The molecule has 182 valence electrons. The third-order valence-electron chi connectivity index (χ3n) is 4.49. The highest BCUT2D eigenvalue weighted by atomic mass is 35.5. The first kappa shape index (κ1) is 26.8. The minimum atomic E-state index is -1.20. The van der Waals surface area contributed by atoms with E-state index in [0.717, 1.165) is 13.8 Å². The molecule has 33 heavy (non-hydrogen) atoms. The van der Waals surface area contributed by atoms with Crippen LogP contribution in [0.3, 0.4) is 0 Å². The maximum atomic E-state index is 11.9. The van der Waals surface area contributed by atoms with Crippen LogP contribution in [-0.4, -0.2) is 61.1 Å². The van der Waals surface area contributed by atoms with Crippen LogP contribution in [0.5, 0.6) is 0 Å². The molecule has 5 atom stereocenters. The topological polar surface area (TPSA) is 126 Å². The van der Waals surface area contributed by atoms with Gasteiger partial charge < -0.3 is 29.0 Å². The summed E-state index contributed by atoms with van der Waals surface area (Å²) in [4.78, 5) is 46.8. The van der Waals surface area contributed by atoms with E-state index in [-0.39, 0.29) is 13.2 Å². The van der Waals surface area contributed by atoms with E-state index < -0.39 is 54.5 Å². The van der Waals surface area contributed by atoms with Crippen LogP contribution in [0.25, 0.3) is 0 Å². The smallest absolute Gasteiger partial charge is 0.303 e. The lowest BCUT2D eigenvalue weighted by Gasteiger charge is -2.44. The molecule has 10 nitrogen and oxygen atoms in total. The predicted octanol–water partition coefficient (Wildman–Crippen LogP) is 2.17.